The van der Waals surface area contributed by atoms with Crippen molar-refractivity contribution in [3.05, 3.63) is 29.3 Å². The first-order chi connectivity index (χ1) is 8.99. The lowest BCUT2D eigenvalue weighted by atomic mass is 9.92. The van der Waals surface area contributed by atoms with Crippen molar-refractivity contribution in [1.82, 2.24) is 4.90 Å². The van der Waals surface area contributed by atoms with E-state index in [1.807, 2.05) is 6.92 Å². The van der Waals surface area contributed by atoms with Crippen LogP contribution >= 0.6 is 0 Å². The van der Waals surface area contributed by atoms with E-state index in [4.69, 9.17) is 5.11 Å². The number of hydrogen-bond donors (Lipinski definition) is 2. The lowest BCUT2D eigenvalue weighted by Gasteiger charge is -2.34. The van der Waals surface area contributed by atoms with E-state index >= 15 is 0 Å². The lowest BCUT2D eigenvalue weighted by Crippen LogP contribution is -2.43. The second-order valence-electron chi connectivity index (χ2n) is 4.98. The fourth-order valence-electron chi connectivity index (χ4n) is 2.09. The van der Waals surface area contributed by atoms with E-state index in [0.29, 0.717) is 5.69 Å². The summed E-state index contributed by atoms with van der Waals surface area (Å²) < 4.78 is 0. The number of rotatable bonds is 3. The quantitative estimate of drug-likeness (QED) is 0.880. The molecule has 1 saturated carbocycles. The van der Waals surface area contributed by atoms with Crippen LogP contribution in [-0.2, 0) is 0 Å². The number of aryl methyl sites for hydroxylation is 1. The van der Waals surface area contributed by atoms with Gasteiger partial charge >= 0.3 is 12.0 Å². The lowest BCUT2D eigenvalue weighted by molar-refractivity contribution is 0.0698. The Bertz CT molecular complexity index is 509. The van der Waals surface area contributed by atoms with Gasteiger partial charge < -0.3 is 15.3 Å². The van der Waals surface area contributed by atoms with E-state index < -0.39 is 5.97 Å². The van der Waals surface area contributed by atoms with Gasteiger partial charge in [0, 0.05) is 13.1 Å². The number of carboxylic acids is 1. The highest BCUT2D eigenvalue weighted by Gasteiger charge is 2.26. The molecule has 1 aromatic carbocycles. The Balaban J connectivity index is 2.13. The Morgan fingerprint density at radius 3 is 2.58 bits per heavy atom. The summed E-state index contributed by atoms with van der Waals surface area (Å²) in [5.74, 6) is -1.04. The average Bonchev–Trinajstić information content (AvgIpc) is 2.28. The molecule has 0 radical (unpaired) electrons. The molecule has 1 aliphatic carbocycles. The summed E-state index contributed by atoms with van der Waals surface area (Å²) in [5.41, 5.74) is 1.31. The van der Waals surface area contributed by atoms with Crippen LogP contribution in [0.2, 0.25) is 0 Å². The first kappa shape index (κ1) is 13.4. The summed E-state index contributed by atoms with van der Waals surface area (Å²) in [6, 6.07) is 4.99. The molecule has 0 saturated heterocycles. The van der Waals surface area contributed by atoms with Crippen LogP contribution < -0.4 is 5.32 Å². The summed E-state index contributed by atoms with van der Waals surface area (Å²) in [4.78, 5) is 24.8. The van der Waals surface area contributed by atoms with Gasteiger partial charge in [-0.05, 0) is 38.3 Å². The van der Waals surface area contributed by atoms with Gasteiger partial charge in [0.2, 0.25) is 0 Å². The molecular formula is C14H18N2O3. The molecule has 5 nitrogen and oxygen atoms in total. The molecule has 0 atom stereocenters. The van der Waals surface area contributed by atoms with Crippen LogP contribution in [0.1, 0.15) is 35.2 Å². The maximum Gasteiger partial charge on any atom is 0.337 e. The minimum Gasteiger partial charge on any atom is -0.478 e. The van der Waals surface area contributed by atoms with Crippen LogP contribution in [0.3, 0.4) is 0 Å². The summed E-state index contributed by atoms with van der Waals surface area (Å²) in [6.07, 6.45) is 3.18. The minimum atomic E-state index is -1.04. The second kappa shape index (κ2) is 5.30. The van der Waals surface area contributed by atoms with E-state index in [1.54, 1.807) is 30.1 Å². The molecule has 1 fully saturated rings. The molecule has 19 heavy (non-hydrogen) atoms. The number of urea groups is 1. The summed E-state index contributed by atoms with van der Waals surface area (Å²) in [5, 5.41) is 11.8. The zero-order valence-corrected chi connectivity index (χ0v) is 11.1. The maximum absolute atomic E-state index is 12.0. The number of carbonyl (C=O) groups excluding carboxylic acids is 1. The third-order valence-corrected chi connectivity index (χ3v) is 3.59. The Kier molecular flexibility index (Phi) is 3.74. The number of hydrogen-bond acceptors (Lipinski definition) is 2. The zero-order valence-electron chi connectivity index (χ0n) is 11.1. The van der Waals surface area contributed by atoms with E-state index in [9.17, 15) is 9.59 Å². The number of carbonyl (C=O) groups is 2. The zero-order chi connectivity index (χ0) is 14.0. The Morgan fingerprint density at radius 2 is 2.05 bits per heavy atom. The molecule has 5 heteroatoms. The smallest absolute Gasteiger partial charge is 0.337 e. The number of benzene rings is 1. The van der Waals surface area contributed by atoms with Gasteiger partial charge in [0.05, 0.1) is 11.3 Å². The minimum absolute atomic E-state index is 0.121. The molecule has 1 aliphatic rings. The van der Waals surface area contributed by atoms with Crippen molar-refractivity contribution < 1.29 is 14.7 Å². The highest BCUT2D eigenvalue weighted by Crippen LogP contribution is 2.25. The first-order valence-electron chi connectivity index (χ1n) is 6.37. The SMILES string of the molecule is Cc1ccc(NC(=O)N(C)C2CCC2)c(C(=O)O)c1. The molecule has 102 valence electrons. The molecule has 2 N–H and O–H groups in total. The van der Waals surface area contributed by atoms with Crippen molar-refractivity contribution in [1.29, 1.82) is 0 Å². The number of nitrogens with zero attached hydrogens (tertiary/aromatic N) is 1. The molecular weight excluding hydrogens is 244 g/mol. The second-order valence-corrected chi connectivity index (χ2v) is 4.98. The monoisotopic (exact) mass is 262 g/mol. The molecule has 0 heterocycles. The molecule has 1 aromatic rings. The number of anilines is 1. The molecule has 0 unspecified atom stereocenters. The predicted molar refractivity (Wildman–Crippen MR) is 72.6 cm³/mol. The highest BCUT2D eigenvalue weighted by molar-refractivity contribution is 6.00. The predicted octanol–water partition coefficient (Wildman–Crippen LogP) is 2.71. The van der Waals surface area contributed by atoms with Crippen LogP contribution in [0.4, 0.5) is 10.5 Å². The molecule has 0 bridgehead atoms. The van der Waals surface area contributed by atoms with Crippen molar-refractivity contribution in [2.24, 2.45) is 0 Å². The number of carboxylic acid groups (broad SMARTS) is 1. The maximum atomic E-state index is 12.0. The summed E-state index contributed by atoms with van der Waals surface area (Å²) >= 11 is 0. The van der Waals surface area contributed by atoms with Gasteiger partial charge in [0.15, 0.2) is 0 Å². The van der Waals surface area contributed by atoms with Crippen LogP contribution in [0, 0.1) is 6.92 Å². The topological polar surface area (TPSA) is 69.6 Å². The van der Waals surface area contributed by atoms with Crippen LogP contribution in [0.25, 0.3) is 0 Å². The fraction of sp³-hybridized carbons (Fsp3) is 0.429. The number of aromatic carboxylic acids is 1. The van der Waals surface area contributed by atoms with E-state index in [1.165, 1.54) is 0 Å². The largest absolute Gasteiger partial charge is 0.478 e. The summed E-state index contributed by atoms with van der Waals surface area (Å²) in [6.45, 7) is 1.82. The third kappa shape index (κ3) is 2.86. The van der Waals surface area contributed by atoms with Gasteiger partial charge in [0.1, 0.15) is 0 Å². The Hall–Kier alpha value is -2.04. The van der Waals surface area contributed by atoms with Gasteiger partial charge in [-0.1, -0.05) is 11.6 Å². The van der Waals surface area contributed by atoms with Gasteiger partial charge in [-0.15, -0.1) is 0 Å². The molecule has 2 rings (SSSR count). The first-order valence-corrected chi connectivity index (χ1v) is 6.37. The van der Waals surface area contributed by atoms with Crippen LogP contribution in [0.15, 0.2) is 18.2 Å². The van der Waals surface area contributed by atoms with E-state index in [-0.39, 0.29) is 17.6 Å². The van der Waals surface area contributed by atoms with Crippen LogP contribution in [0.5, 0.6) is 0 Å². The van der Waals surface area contributed by atoms with Crippen LogP contribution in [-0.4, -0.2) is 35.1 Å². The molecule has 0 aromatic heterocycles. The van der Waals surface area contributed by atoms with Crippen molar-refractivity contribution in [3.8, 4) is 0 Å². The summed E-state index contributed by atoms with van der Waals surface area (Å²) in [7, 11) is 1.74. The number of nitrogens with one attached hydrogen (secondary N) is 1. The Morgan fingerprint density at radius 1 is 1.37 bits per heavy atom. The van der Waals surface area contributed by atoms with Gasteiger partial charge in [-0.2, -0.15) is 0 Å². The van der Waals surface area contributed by atoms with Gasteiger partial charge in [-0.25, -0.2) is 9.59 Å². The molecule has 0 aliphatic heterocycles. The van der Waals surface area contributed by atoms with Crippen molar-refractivity contribution in [2.75, 3.05) is 12.4 Å². The molecule has 0 spiro atoms. The average molecular weight is 262 g/mol. The van der Waals surface area contributed by atoms with Gasteiger partial charge in [-0.3, -0.25) is 0 Å². The highest BCUT2D eigenvalue weighted by atomic mass is 16.4. The molecule has 2 amide bonds. The number of amides is 2. The van der Waals surface area contributed by atoms with Crippen molar-refractivity contribution in [3.63, 3.8) is 0 Å². The third-order valence-electron chi connectivity index (χ3n) is 3.59. The standard InChI is InChI=1S/C14H18N2O3/c1-9-6-7-12(11(8-9)13(17)18)15-14(19)16(2)10-4-3-5-10/h6-8,10H,3-5H2,1-2H3,(H,15,19)(H,17,18). The van der Waals surface area contributed by atoms with Crippen molar-refractivity contribution >= 4 is 17.7 Å². The van der Waals surface area contributed by atoms with E-state index in [0.717, 1.165) is 24.8 Å². The Labute approximate surface area is 112 Å². The van der Waals surface area contributed by atoms with E-state index in [2.05, 4.69) is 5.32 Å². The fourth-order valence-corrected chi connectivity index (χ4v) is 2.09. The van der Waals surface area contributed by atoms with Crippen molar-refractivity contribution in [2.45, 2.75) is 32.2 Å². The van der Waals surface area contributed by atoms with Gasteiger partial charge in [0.25, 0.3) is 0 Å². The normalized spacial score (nSPS) is 14.6.